The van der Waals surface area contributed by atoms with E-state index in [1.54, 1.807) is 0 Å². The van der Waals surface area contributed by atoms with E-state index in [0.29, 0.717) is 11.8 Å². The summed E-state index contributed by atoms with van der Waals surface area (Å²) >= 11 is 0. The second-order valence-electron chi connectivity index (χ2n) is 8.51. The molecule has 1 aromatic carbocycles. The third-order valence-electron chi connectivity index (χ3n) is 5.92. The van der Waals surface area contributed by atoms with Crippen LogP contribution >= 0.6 is 0 Å². The molecule has 0 unspecified atom stereocenters. The van der Waals surface area contributed by atoms with Gasteiger partial charge in [-0.05, 0) is 69.2 Å². The molecule has 2 aliphatic rings. The Balaban J connectivity index is 1.06. The second kappa shape index (κ2) is 8.01. The average molecular weight is 392 g/mol. The molecular formula is C23H29N5O. The van der Waals surface area contributed by atoms with Crippen molar-refractivity contribution < 1.29 is 4.52 Å². The fourth-order valence-electron chi connectivity index (χ4n) is 3.81. The van der Waals surface area contributed by atoms with E-state index < -0.39 is 0 Å². The molecule has 0 aliphatic heterocycles. The van der Waals surface area contributed by atoms with Crippen LogP contribution in [0.5, 0.6) is 0 Å². The SMILES string of the molecule is Cn1nc(C2CC2)cc1CCCCCNc1cccc(-c2nc(C3CC3)no2)c1. The van der Waals surface area contributed by atoms with E-state index >= 15 is 0 Å². The van der Waals surface area contributed by atoms with Gasteiger partial charge in [-0.1, -0.05) is 17.6 Å². The molecule has 2 aliphatic carbocycles. The van der Waals surface area contributed by atoms with Crippen molar-refractivity contribution in [3.63, 3.8) is 0 Å². The zero-order valence-corrected chi connectivity index (χ0v) is 17.1. The Bertz CT molecular complexity index is 967. The van der Waals surface area contributed by atoms with Crippen LogP contribution < -0.4 is 5.32 Å². The summed E-state index contributed by atoms with van der Waals surface area (Å²) in [4.78, 5) is 4.54. The maximum Gasteiger partial charge on any atom is 0.258 e. The second-order valence-corrected chi connectivity index (χ2v) is 8.51. The van der Waals surface area contributed by atoms with Crippen LogP contribution in [-0.2, 0) is 13.5 Å². The van der Waals surface area contributed by atoms with Gasteiger partial charge in [-0.3, -0.25) is 4.68 Å². The fourth-order valence-corrected chi connectivity index (χ4v) is 3.81. The predicted octanol–water partition coefficient (Wildman–Crippen LogP) is 5.05. The molecule has 0 saturated heterocycles. The van der Waals surface area contributed by atoms with E-state index in [1.807, 2.05) is 12.1 Å². The first-order chi connectivity index (χ1) is 14.3. The molecule has 0 amide bonds. The Labute approximate surface area is 171 Å². The number of benzene rings is 1. The van der Waals surface area contributed by atoms with Gasteiger partial charge in [0.15, 0.2) is 5.82 Å². The minimum atomic E-state index is 0.514. The summed E-state index contributed by atoms with van der Waals surface area (Å²) in [6.07, 6.45) is 9.69. The van der Waals surface area contributed by atoms with Gasteiger partial charge in [-0.25, -0.2) is 0 Å². The number of anilines is 1. The summed E-state index contributed by atoms with van der Waals surface area (Å²) in [5.41, 5.74) is 4.76. The lowest BCUT2D eigenvalue weighted by Gasteiger charge is -2.07. The standard InChI is InChI=1S/C23H29N5O/c1-28-20(15-21(26-28)16-9-10-16)8-3-2-4-13-24-19-7-5-6-18(14-19)23-25-22(27-29-23)17-11-12-17/h5-7,14-17,24H,2-4,8-13H2,1H3. The first kappa shape index (κ1) is 18.4. The van der Waals surface area contributed by atoms with Gasteiger partial charge in [0.2, 0.25) is 0 Å². The van der Waals surface area contributed by atoms with Gasteiger partial charge in [-0.15, -0.1) is 0 Å². The number of rotatable bonds is 10. The molecule has 152 valence electrons. The minimum Gasteiger partial charge on any atom is -0.385 e. The van der Waals surface area contributed by atoms with E-state index in [0.717, 1.165) is 42.4 Å². The van der Waals surface area contributed by atoms with Crippen LogP contribution in [0.1, 0.15) is 74.0 Å². The normalized spacial score (nSPS) is 16.3. The van der Waals surface area contributed by atoms with E-state index in [2.05, 4.69) is 50.5 Å². The monoisotopic (exact) mass is 391 g/mol. The average Bonchev–Trinajstić information content (AvgIpc) is 3.67. The summed E-state index contributed by atoms with van der Waals surface area (Å²) in [5.74, 6) is 2.73. The van der Waals surface area contributed by atoms with Crippen LogP contribution in [0.2, 0.25) is 0 Å². The van der Waals surface area contributed by atoms with E-state index in [1.165, 1.54) is 49.9 Å². The zero-order chi connectivity index (χ0) is 19.6. The maximum atomic E-state index is 5.44. The van der Waals surface area contributed by atoms with Crippen molar-refractivity contribution in [3.05, 3.63) is 47.5 Å². The smallest absolute Gasteiger partial charge is 0.258 e. The molecule has 2 aromatic heterocycles. The summed E-state index contributed by atoms with van der Waals surface area (Å²) in [6, 6.07) is 10.6. The Morgan fingerprint density at radius 1 is 1.07 bits per heavy atom. The quantitative estimate of drug-likeness (QED) is 0.490. The number of aryl methyl sites for hydroxylation is 2. The molecule has 0 bridgehead atoms. The number of aromatic nitrogens is 4. The highest BCUT2D eigenvalue weighted by Crippen LogP contribution is 2.40. The number of hydrogen-bond donors (Lipinski definition) is 1. The van der Waals surface area contributed by atoms with Gasteiger partial charge < -0.3 is 9.84 Å². The highest BCUT2D eigenvalue weighted by molar-refractivity contribution is 5.61. The molecule has 1 N–H and O–H groups in total. The van der Waals surface area contributed by atoms with Crippen molar-refractivity contribution in [1.29, 1.82) is 0 Å². The minimum absolute atomic E-state index is 0.514. The fraction of sp³-hybridized carbons (Fsp3) is 0.522. The van der Waals surface area contributed by atoms with Crippen molar-refractivity contribution in [2.75, 3.05) is 11.9 Å². The van der Waals surface area contributed by atoms with Crippen LogP contribution in [0.3, 0.4) is 0 Å². The van der Waals surface area contributed by atoms with Crippen LogP contribution in [0, 0.1) is 0 Å². The van der Waals surface area contributed by atoms with Gasteiger partial charge >= 0.3 is 0 Å². The summed E-state index contributed by atoms with van der Waals surface area (Å²) in [6.45, 7) is 0.972. The molecule has 3 aromatic rings. The summed E-state index contributed by atoms with van der Waals surface area (Å²) in [5, 5.41) is 12.3. The number of hydrogen-bond acceptors (Lipinski definition) is 5. The number of nitrogens with zero attached hydrogens (tertiary/aromatic N) is 4. The maximum absolute atomic E-state index is 5.44. The van der Waals surface area contributed by atoms with Crippen molar-refractivity contribution in [3.8, 4) is 11.5 Å². The third kappa shape index (κ3) is 4.52. The van der Waals surface area contributed by atoms with Crippen molar-refractivity contribution >= 4 is 5.69 Å². The molecule has 0 atom stereocenters. The zero-order valence-electron chi connectivity index (χ0n) is 17.1. The molecular weight excluding hydrogens is 362 g/mol. The number of unbranched alkanes of at least 4 members (excludes halogenated alkanes) is 2. The van der Waals surface area contributed by atoms with Crippen LogP contribution in [0.4, 0.5) is 5.69 Å². The molecule has 6 nitrogen and oxygen atoms in total. The van der Waals surface area contributed by atoms with E-state index in [4.69, 9.17) is 4.52 Å². The third-order valence-corrected chi connectivity index (χ3v) is 5.92. The molecule has 0 radical (unpaired) electrons. The topological polar surface area (TPSA) is 68.8 Å². The molecule has 0 spiro atoms. The van der Waals surface area contributed by atoms with Crippen LogP contribution in [0.15, 0.2) is 34.9 Å². The Hall–Kier alpha value is -2.63. The van der Waals surface area contributed by atoms with Gasteiger partial charge in [0.1, 0.15) is 0 Å². The summed E-state index contributed by atoms with van der Waals surface area (Å²) in [7, 11) is 2.08. The molecule has 29 heavy (non-hydrogen) atoms. The van der Waals surface area contributed by atoms with Gasteiger partial charge in [0.05, 0.1) is 5.69 Å². The first-order valence-electron chi connectivity index (χ1n) is 11.0. The van der Waals surface area contributed by atoms with Crippen molar-refractivity contribution in [1.82, 2.24) is 19.9 Å². The Kier molecular flexibility index (Phi) is 5.08. The molecule has 5 rings (SSSR count). The lowest BCUT2D eigenvalue weighted by Crippen LogP contribution is -2.02. The van der Waals surface area contributed by atoms with Crippen LogP contribution in [-0.4, -0.2) is 26.5 Å². The van der Waals surface area contributed by atoms with Crippen molar-refractivity contribution in [2.24, 2.45) is 7.05 Å². The van der Waals surface area contributed by atoms with Gasteiger partial charge in [-0.2, -0.15) is 10.1 Å². The Morgan fingerprint density at radius 3 is 2.76 bits per heavy atom. The van der Waals surface area contributed by atoms with Crippen molar-refractivity contribution in [2.45, 2.75) is 63.2 Å². The summed E-state index contributed by atoms with van der Waals surface area (Å²) < 4.78 is 7.51. The van der Waals surface area contributed by atoms with E-state index in [-0.39, 0.29) is 0 Å². The predicted molar refractivity (Wildman–Crippen MR) is 113 cm³/mol. The lowest BCUT2D eigenvalue weighted by molar-refractivity contribution is 0.422. The first-order valence-corrected chi connectivity index (χ1v) is 11.0. The molecule has 2 heterocycles. The molecule has 6 heteroatoms. The highest BCUT2D eigenvalue weighted by atomic mass is 16.5. The number of nitrogens with one attached hydrogen (secondary N) is 1. The van der Waals surface area contributed by atoms with Gasteiger partial charge in [0, 0.05) is 42.4 Å². The van der Waals surface area contributed by atoms with Crippen LogP contribution in [0.25, 0.3) is 11.5 Å². The highest BCUT2D eigenvalue weighted by Gasteiger charge is 2.29. The molecule has 2 fully saturated rings. The van der Waals surface area contributed by atoms with E-state index in [9.17, 15) is 0 Å². The Morgan fingerprint density at radius 2 is 1.93 bits per heavy atom. The lowest BCUT2D eigenvalue weighted by atomic mass is 10.1. The largest absolute Gasteiger partial charge is 0.385 e. The van der Waals surface area contributed by atoms with Gasteiger partial charge in [0.25, 0.3) is 5.89 Å². The molecule has 2 saturated carbocycles.